The molecule has 0 spiro atoms. The quantitative estimate of drug-likeness (QED) is 0.651. The fourth-order valence-corrected chi connectivity index (χ4v) is 2.91. The van der Waals surface area contributed by atoms with Crippen LogP contribution in [-0.4, -0.2) is 23.6 Å². The van der Waals surface area contributed by atoms with Crippen LogP contribution in [0.3, 0.4) is 0 Å². The molecule has 0 radical (unpaired) electrons. The average Bonchev–Trinajstić information content (AvgIpc) is 2.39. The zero-order valence-corrected chi connectivity index (χ0v) is 9.12. The molecular weight excluding hydrogens is 198 g/mol. The zero-order valence-electron chi connectivity index (χ0n) is 7.49. The van der Waals surface area contributed by atoms with Crippen LogP contribution in [0.15, 0.2) is 34.2 Å². The molecule has 1 nitrogen and oxygen atoms in total. The predicted octanol–water partition coefficient (Wildman–Crippen LogP) is 2.90. The molecule has 2 rings (SSSR count). The van der Waals surface area contributed by atoms with E-state index in [0.717, 1.165) is 12.3 Å². The molecule has 0 saturated carbocycles. The Kier molecular flexibility index (Phi) is 2.96. The molecule has 0 saturated heterocycles. The number of nitrogens with zero attached hydrogens (tertiary/aromatic N) is 1. The van der Waals surface area contributed by atoms with Crippen LogP contribution in [0.4, 0.5) is 0 Å². The molecule has 1 aliphatic rings. The number of thioether (sulfide) groups is 2. The summed E-state index contributed by atoms with van der Waals surface area (Å²) in [5.41, 5.74) is 1.30. The van der Waals surface area contributed by atoms with Crippen molar-refractivity contribution in [1.82, 2.24) is 0 Å². The van der Waals surface area contributed by atoms with E-state index in [4.69, 9.17) is 0 Å². The van der Waals surface area contributed by atoms with Crippen LogP contribution in [0.2, 0.25) is 0 Å². The van der Waals surface area contributed by atoms with Crippen molar-refractivity contribution in [3.63, 3.8) is 0 Å². The molecule has 0 fully saturated rings. The monoisotopic (exact) mass is 209 g/mol. The molecule has 0 aliphatic carbocycles. The summed E-state index contributed by atoms with van der Waals surface area (Å²) in [6, 6.07) is 8.51. The molecule has 1 aromatic rings. The highest BCUT2D eigenvalue weighted by Gasteiger charge is 2.10. The molecule has 13 heavy (non-hydrogen) atoms. The summed E-state index contributed by atoms with van der Waals surface area (Å²) in [7, 11) is 0. The first-order valence-electron chi connectivity index (χ1n) is 4.22. The largest absolute Gasteiger partial charge is 0.277 e. The maximum atomic E-state index is 4.54. The third-order valence-electron chi connectivity index (χ3n) is 1.92. The van der Waals surface area contributed by atoms with Crippen molar-refractivity contribution in [1.29, 1.82) is 0 Å². The normalized spacial score (nSPS) is 15.9. The Labute approximate surface area is 87.0 Å². The molecule has 0 N–H and O–H groups in total. The van der Waals surface area contributed by atoms with Gasteiger partial charge >= 0.3 is 0 Å². The van der Waals surface area contributed by atoms with Crippen LogP contribution in [0.5, 0.6) is 0 Å². The van der Waals surface area contributed by atoms with Gasteiger partial charge in [-0.25, -0.2) is 0 Å². The Bertz CT molecular complexity index is 333. The fourth-order valence-electron chi connectivity index (χ4n) is 1.33. The summed E-state index contributed by atoms with van der Waals surface area (Å²) in [4.78, 5) is 5.91. The summed E-state index contributed by atoms with van der Waals surface area (Å²) in [5.74, 6) is 1.10. The number of hydrogen-bond donors (Lipinski definition) is 0. The zero-order chi connectivity index (χ0) is 9.10. The van der Waals surface area contributed by atoms with Gasteiger partial charge in [-0.15, -0.1) is 23.5 Å². The van der Waals surface area contributed by atoms with Gasteiger partial charge in [-0.2, -0.15) is 0 Å². The van der Waals surface area contributed by atoms with Crippen LogP contribution >= 0.6 is 23.5 Å². The third kappa shape index (κ3) is 1.92. The predicted molar refractivity (Wildman–Crippen MR) is 62.1 cm³/mol. The molecule has 0 aromatic heterocycles. The Morgan fingerprint density at radius 2 is 2.23 bits per heavy atom. The van der Waals surface area contributed by atoms with Crippen LogP contribution < -0.4 is 0 Å². The number of aliphatic imine (C=N–C) groups is 1. The summed E-state index contributed by atoms with van der Waals surface area (Å²) < 4.78 is 0. The van der Waals surface area contributed by atoms with Crippen molar-refractivity contribution >= 4 is 28.6 Å². The highest BCUT2D eigenvalue weighted by atomic mass is 32.2. The lowest BCUT2D eigenvalue weighted by molar-refractivity contribution is 1.16. The van der Waals surface area contributed by atoms with E-state index < -0.39 is 0 Å². The second kappa shape index (κ2) is 4.20. The fraction of sp³-hybridized carbons (Fsp3) is 0.300. The average molecular weight is 209 g/mol. The SMILES string of the molecule is CSC1=NCCSc2ccccc21. The van der Waals surface area contributed by atoms with Crippen molar-refractivity contribution in [2.45, 2.75) is 4.90 Å². The second-order valence-electron chi connectivity index (χ2n) is 2.74. The van der Waals surface area contributed by atoms with Crippen molar-refractivity contribution < 1.29 is 0 Å². The summed E-state index contributed by atoms with van der Waals surface area (Å²) in [6.45, 7) is 0.940. The number of fused-ring (bicyclic) bond motifs is 1. The van der Waals surface area contributed by atoms with E-state index in [2.05, 4.69) is 35.5 Å². The van der Waals surface area contributed by atoms with Crippen molar-refractivity contribution in [3.05, 3.63) is 29.8 Å². The Hall–Kier alpha value is -0.410. The van der Waals surface area contributed by atoms with Crippen molar-refractivity contribution in [3.8, 4) is 0 Å². The van der Waals surface area contributed by atoms with Crippen LogP contribution in [0.1, 0.15) is 5.56 Å². The summed E-state index contributed by atoms with van der Waals surface area (Å²) in [6.07, 6.45) is 2.09. The smallest absolute Gasteiger partial charge is 0.0985 e. The summed E-state index contributed by atoms with van der Waals surface area (Å²) >= 11 is 3.64. The van der Waals surface area contributed by atoms with Gasteiger partial charge in [0.15, 0.2) is 0 Å². The van der Waals surface area contributed by atoms with Gasteiger partial charge in [0.2, 0.25) is 0 Å². The second-order valence-corrected chi connectivity index (χ2v) is 4.67. The van der Waals surface area contributed by atoms with E-state index in [1.807, 2.05) is 11.8 Å². The molecule has 0 bridgehead atoms. The van der Waals surface area contributed by atoms with E-state index >= 15 is 0 Å². The molecule has 0 atom stereocenters. The minimum atomic E-state index is 0.940. The van der Waals surface area contributed by atoms with E-state index in [0.29, 0.717) is 0 Å². The maximum absolute atomic E-state index is 4.54. The van der Waals surface area contributed by atoms with E-state index in [9.17, 15) is 0 Å². The van der Waals surface area contributed by atoms with E-state index in [1.165, 1.54) is 15.5 Å². The number of benzene rings is 1. The lowest BCUT2D eigenvalue weighted by Crippen LogP contribution is -1.95. The van der Waals surface area contributed by atoms with Crippen LogP contribution in [-0.2, 0) is 0 Å². The lowest BCUT2D eigenvalue weighted by Gasteiger charge is -2.04. The topological polar surface area (TPSA) is 12.4 Å². The first kappa shape index (κ1) is 9.16. The van der Waals surface area contributed by atoms with Gasteiger partial charge < -0.3 is 0 Å². The van der Waals surface area contributed by atoms with Crippen LogP contribution in [0, 0.1) is 0 Å². The van der Waals surface area contributed by atoms with Gasteiger partial charge in [0.25, 0.3) is 0 Å². The van der Waals surface area contributed by atoms with Crippen LogP contribution in [0.25, 0.3) is 0 Å². The molecule has 1 aliphatic heterocycles. The van der Waals surface area contributed by atoms with Gasteiger partial charge in [0, 0.05) is 22.8 Å². The standard InChI is InChI=1S/C10H11NS2/c1-12-10-8-4-2-3-5-9(8)13-7-6-11-10/h2-5H,6-7H2,1H3. The molecule has 0 amide bonds. The molecule has 1 heterocycles. The Balaban J connectivity index is 2.47. The first-order valence-corrected chi connectivity index (χ1v) is 6.43. The third-order valence-corrected chi connectivity index (χ3v) is 3.70. The Morgan fingerprint density at radius 3 is 3.08 bits per heavy atom. The molecule has 0 unspecified atom stereocenters. The van der Waals surface area contributed by atoms with Gasteiger partial charge in [0.1, 0.15) is 0 Å². The highest BCUT2D eigenvalue weighted by Crippen LogP contribution is 2.28. The van der Waals surface area contributed by atoms with E-state index in [-0.39, 0.29) is 0 Å². The van der Waals surface area contributed by atoms with Crippen molar-refractivity contribution in [2.75, 3.05) is 18.6 Å². The minimum absolute atomic E-state index is 0.940. The Morgan fingerprint density at radius 1 is 1.38 bits per heavy atom. The molecule has 3 heteroatoms. The van der Waals surface area contributed by atoms with Gasteiger partial charge in [-0.05, 0) is 12.3 Å². The molecule has 68 valence electrons. The van der Waals surface area contributed by atoms with Gasteiger partial charge in [0.05, 0.1) is 5.04 Å². The van der Waals surface area contributed by atoms with Gasteiger partial charge in [-0.3, -0.25) is 4.99 Å². The van der Waals surface area contributed by atoms with E-state index in [1.54, 1.807) is 11.8 Å². The van der Waals surface area contributed by atoms with Gasteiger partial charge in [-0.1, -0.05) is 18.2 Å². The van der Waals surface area contributed by atoms with Crippen molar-refractivity contribution in [2.24, 2.45) is 4.99 Å². The molecular formula is C10H11NS2. The number of rotatable bonds is 0. The minimum Gasteiger partial charge on any atom is -0.277 e. The lowest BCUT2D eigenvalue weighted by atomic mass is 10.2. The number of hydrogen-bond acceptors (Lipinski definition) is 3. The molecule has 1 aromatic carbocycles. The maximum Gasteiger partial charge on any atom is 0.0985 e. The highest BCUT2D eigenvalue weighted by molar-refractivity contribution is 8.14. The first-order chi connectivity index (χ1) is 6.42. The summed E-state index contributed by atoms with van der Waals surface area (Å²) in [5, 5.41) is 1.18.